The maximum atomic E-state index is 6.92. The average molecular weight is 161 g/mol. The number of rotatable bonds is 3. The van der Waals surface area contributed by atoms with E-state index in [9.17, 15) is 0 Å². The number of hydrogen-bond acceptors (Lipinski definition) is 3. The molecule has 0 saturated heterocycles. The Balaban J connectivity index is 2.95. The van der Waals surface area contributed by atoms with Gasteiger partial charge in [-0.15, -0.1) is 0 Å². The van der Waals surface area contributed by atoms with Crippen molar-refractivity contribution in [3.8, 4) is 0 Å². The van der Waals surface area contributed by atoms with Gasteiger partial charge in [0.15, 0.2) is 0 Å². The minimum absolute atomic E-state index is 0.850. The highest BCUT2D eigenvalue weighted by Crippen LogP contribution is 2.04. The van der Waals surface area contributed by atoms with Gasteiger partial charge in [-0.2, -0.15) is 0 Å². The van der Waals surface area contributed by atoms with Crippen LogP contribution < -0.4 is 5.32 Å². The van der Waals surface area contributed by atoms with Crippen molar-refractivity contribution in [3.63, 3.8) is 0 Å². The first-order chi connectivity index (χ1) is 5.88. The van der Waals surface area contributed by atoms with E-state index in [1.165, 1.54) is 6.21 Å². The molecule has 3 heteroatoms. The summed E-state index contributed by atoms with van der Waals surface area (Å²) in [4.78, 5) is 4.13. The topological polar surface area (TPSA) is 48.8 Å². The number of nitrogens with one attached hydrogen (secondary N) is 2. The average Bonchev–Trinajstić information content (AvgIpc) is 2.15. The SMILES string of the molecule is CN/C(=C\C=N)c1ccccn1. The van der Waals surface area contributed by atoms with Crippen LogP contribution in [-0.4, -0.2) is 18.2 Å². The van der Waals surface area contributed by atoms with Crippen molar-refractivity contribution in [2.24, 2.45) is 0 Å². The Morgan fingerprint density at radius 2 is 2.42 bits per heavy atom. The quantitative estimate of drug-likeness (QED) is 0.656. The Labute approximate surface area is 71.7 Å². The molecular formula is C9H11N3. The largest absolute Gasteiger partial charge is 0.386 e. The maximum absolute atomic E-state index is 6.92. The van der Waals surface area contributed by atoms with Gasteiger partial charge in [-0.1, -0.05) is 6.07 Å². The number of aromatic nitrogens is 1. The van der Waals surface area contributed by atoms with E-state index in [1.807, 2.05) is 25.2 Å². The monoisotopic (exact) mass is 161 g/mol. The van der Waals surface area contributed by atoms with Crippen LogP contribution in [0.1, 0.15) is 5.69 Å². The van der Waals surface area contributed by atoms with Gasteiger partial charge in [-0.3, -0.25) is 4.98 Å². The molecule has 12 heavy (non-hydrogen) atoms. The molecule has 0 bridgehead atoms. The Bertz CT molecular complexity index is 277. The molecule has 0 saturated carbocycles. The van der Waals surface area contributed by atoms with E-state index in [1.54, 1.807) is 12.3 Å². The van der Waals surface area contributed by atoms with Crippen LogP contribution in [-0.2, 0) is 0 Å². The van der Waals surface area contributed by atoms with Gasteiger partial charge in [-0.25, -0.2) is 0 Å². The van der Waals surface area contributed by atoms with Crippen molar-refractivity contribution in [1.29, 1.82) is 5.41 Å². The molecule has 62 valence electrons. The number of allylic oxidation sites excluding steroid dienone is 1. The van der Waals surface area contributed by atoms with Crippen LogP contribution in [0.4, 0.5) is 0 Å². The van der Waals surface area contributed by atoms with Gasteiger partial charge >= 0.3 is 0 Å². The second-order valence-corrected chi connectivity index (χ2v) is 2.21. The highest BCUT2D eigenvalue weighted by Gasteiger charge is 1.96. The fourth-order valence-electron chi connectivity index (χ4n) is 0.902. The highest BCUT2D eigenvalue weighted by molar-refractivity contribution is 5.80. The summed E-state index contributed by atoms with van der Waals surface area (Å²) in [6.07, 6.45) is 4.63. The second kappa shape index (κ2) is 4.28. The summed E-state index contributed by atoms with van der Waals surface area (Å²) in [5.41, 5.74) is 1.70. The lowest BCUT2D eigenvalue weighted by Crippen LogP contribution is -2.05. The Kier molecular flexibility index (Phi) is 3.02. The molecule has 0 aliphatic heterocycles. The first kappa shape index (κ1) is 8.46. The van der Waals surface area contributed by atoms with Crippen molar-refractivity contribution in [2.45, 2.75) is 0 Å². The summed E-state index contributed by atoms with van der Waals surface area (Å²) in [6, 6.07) is 5.67. The van der Waals surface area contributed by atoms with Crippen molar-refractivity contribution >= 4 is 11.9 Å². The molecule has 0 amide bonds. The molecule has 0 aromatic carbocycles. The van der Waals surface area contributed by atoms with Crippen LogP contribution >= 0.6 is 0 Å². The molecule has 1 aromatic rings. The third-order valence-corrected chi connectivity index (χ3v) is 1.46. The number of hydrogen-bond donors (Lipinski definition) is 2. The zero-order valence-corrected chi connectivity index (χ0v) is 6.91. The van der Waals surface area contributed by atoms with Gasteiger partial charge < -0.3 is 10.7 Å². The molecule has 3 nitrogen and oxygen atoms in total. The van der Waals surface area contributed by atoms with Crippen molar-refractivity contribution in [3.05, 3.63) is 36.2 Å². The molecule has 0 radical (unpaired) electrons. The summed E-state index contributed by atoms with van der Waals surface area (Å²) >= 11 is 0. The van der Waals surface area contributed by atoms with Crippen molar-refractivity contribution in [2.75, 3.05) is 7.05 Å². The van der Waals surface area contributed by atoms with Gasteiger partial charge in [0, 0.05) is 19.5 Å². The van der Waals surface area contributed by atoms with Gasteiger partial charge in [-0.05, 0) is 18.2 Å². The van der Waals surface area contributed by atoms with Crippen molar-refractivity contribution < 1.29 is 0 Å². The summed E-state index contributed by atoms with van der Waals surface area (Å²) in [5, 5.41) is 9.88. The molecule has 0 aliphatic carbocycles. The second-order valence-electron chi connectivity index (χ2n) is 2.21. The molecule has 1 heterocycles. The van der Waals surface area contributed by atoms with Crippen LogP contribution in [0.15, 0.2) is 30.5 Å². The molecule has 0 aliphatic rings. The smallest absolute Gasteiger partial charge is 0.0861 e. The predicted octanol–water partition coefficient (Wildman–Crippen LogP) is 1.29. The standard InChI is InChI=1S/C9H11N3/c1-11-8(5-6-10)9-4-2-3-7-12-9/h2-7,10-11H,1H3/b8-5-,10-6?. The minimum Gasteiger partial charge on any atom is -0.386 e. The van der Waals surface area contributed by atoms with Gasteiger partial charge in [0.05, 0.1) is 11.4 Å². The zero-order valence-electron chi connectivity index (χ0n) is 6.91. The molecular weight excluding hydrogens is 150 g/mol. The fraction of sp³-hybridized carbons (Fsp3) is 0.111. The molecule has 0 fully saturated rings. The third kappa shape index (κ3) is 1.92. The first-order valence-corrected chi connectivity index (χ1v) is 3.68. The van der Waals surface area contributed by atoms with Gasteiger partial charge in [0.2, 0.25) is 0 Å². The van der Waals surface area contributed by atoms with Crippen LogP contribution in [0.2, 0.25) is 0 Å². The van der Waals surface area contributed by atoms with E-state index >= 15 is 0 Å². The molecule has 1 rings (SSSR count). The lowest BCUT2D eigenvalue weighted by atomic mass is 10.2. The van der Waals surface area contributed by atoms with Crippen molar-refractivity contribution in [1.82, 2.24) is 10.3 Å². The Hall–Kier alpha value is -1.64. The Morgan fingerprint density at radius 3 is 2.92 bits per heavy atom. The molecule has 1 aromatic heterocycles. The predicted molar refractivity (Wildman–Crippen MR) is 50.1 cm³/mol. The van der Waals surface area contributed by atoms with E-state index in [0.29, 0.717) is 0 Å². The number of pyridine rings is 1. The summed E-state index contributed by atoms with van der Waals surface area (Å²) < 4.78 is 0. The molecule has 0 unspecified atom stereocenters. The molecule has 0 spiro atoms. The highest BCUT2D eigenvalue weighted by atomic mass is 14.9. The van der Waals surface area contributed by atoms with E-state index in [4.69, 9.17) is 5.41 Å². The summed E-state index contributed by atoms with van der Waals surface area (Å²) in [6.45, 7) is 0. The van der Waals surface area contributed by atoms with E-state index in [0.717, 1.165) is 11.4 Å². The molecule has 0 atom stereocenters. The van der Waals surface area contributed by atoms with E-state index in [2.05, 4.69) is 10.3 Å². The first-order valence-electron chi connectivity index (χ1n) is 3.68. The van der Waals surface area contributed by atoms with Gasteiger partial charge in [0.25, 0.3) is 0 Å². The Morgan fingerprint density at radius 1 is 1.58 bits per heavy atom. The lowest BCUT2D eigenvalue weighted by Gasteiger charge is -2.03. The summed E-state index contributed by atoms with van der Waals surface area (Å²) in [5.74, 6) is 0. The number of nitrogens with zero attached hydrogens (tertiary/aromatic N) is 1. The van der Waals surface area contributed by atoms with Crippen LogP contribution in [0.5, 0.6) is 0 Å². The minimum atomic E-state index is 0.850. The fourth-order valence-corrected chi connectivity index (χ4v) is 0.902. The summed E-state index contributed by atoms with van der Waals surface area (Å²) in [7, 11) is 1.81. The lowest BCUT2D eigenvalue weighted by molar-refractivity contribution is 1.09. The van der Waals surface area contributed by atoms with Crippen LogP contribution in [0, 0.1) is 5.41 Å². The zero-order chi connectivity index (χ0) is 8.81. The van der Waals surface area contributed by atoms with Gasteiger partial charge in [0.1, 0.15) is 0 Å². The maximum Gasteiger partial charge on any atom is 0.0861 e. The normalized spacial score (nSPS) is 10.9. The van der Waals surface area contributed by atoms with E-state index in [-0.39, 0.29) is 0 Å². The third-order valence-electron chi connectivity index (χ3n) is 1.46. The molecule has 2 N–H and O–H groups in total. The van der Waals surface area contributed by atoms with E-state index < -0.39 is 0 Å². The van der Waals surface area contributed by atoms with Crippen LogP contribution in [0.3, 0.4) is 0 Å². The van der Waals surface area contributed by atoms with Crippen LogP contribution in [0.25, 0.3) is 5.70 Å².